The van der Waals surface area contributed by atoms with Gasteiger partial charge in [0.05, 0.1) is 11.6 Å². The third-order valence-electron chi connectivity index (χ3n) is 3.66. The van der Waals surface area contributed by atoms with Crippen molar-refractivity contribution in [1.82, 2.24) is 15.4 Å². The number of carbonyl (C=O) groups is 1. The Morgan fingerprint density at radius 3 is 2.52 bits per heavy atom. The summed E-state index contributed by atoms with van der Waals surface area (Å²) >= 11 is 6.13. The molecule has 164 valence electrons. The lowest BCUT2D eigenvalue weighted by Gasteiger charge is -2.12. The maximum atomic E-state index is 12.2. The topological polar surface area (TPSA) is 95.6 Å². The Balaban J connectivity index is 1.67. The van der Waals surface area contributed by atoms with Gasteiger partial charge in [-0.25, -0.2) is 9.89 Å². The van der Waals surface area contributed by atoms with Gasteiger partial charge in [0.1, 0.15) is 23.9 Å². The second-order valence-corrected chi connectivity index (χ2v) is 6.29. The maximum Gasteiger partial charge on any atom is 0.573 e. The Bertz CT molecular complexity index is 1040. The number of carbonyl (C=O) groups excluding carboxylic acids is 1. The normalized spacial score (nSPS) is 11.1. The van der Waals surface area contributed by atoms with Crippen molar-refractivity contribution in [2.75, 3.05) is 6.61 Å². The Morgan fingerprint density at radius 2 is 1.84 bits per heavy atom. The van der Waals surface area contributed by atoms with Gasteiger partial charge >= 0.3 is 12.3 Å². The fourth-order valence-corrected chi connectivity index (χ4v) is 2.52. The summed E-state index contributed by atoms with van der Waals surface area (Å²) in [6.07, 6.45) is -4.76. The first kappa shape index (κ1) is 22.2. The zero-order chi connectivity index (χ0) is 22.4. The van der Waals surface area contributed by atoms with Crippen molar-refractivity contribution in [2.45, 2.75) is 19.9 Å². The fourth-order valence-electron chi connectivity index (χ4n) is 2.34. The maximum absolute atomic E-state index is 12.2. The summed E-state index contributed by atoms with van der Waals surface area (Å²) in [5, 5.41) is 9.90. The molecule has 0 aliphatic rings. The molecule has 1 heterocycles. The van der Waals surface area contributed by atoms with Crippen LogP contribution < -0.4 is 14.2 Å². The number of hydrogen-bond donors (Lipinski definition) is 1. The summed E-state index contributed by atoms with van der Waals surface area (Å²) in [4.78, 5) is 11.9. The number of nitrogens with zero attached hydrogens (tertiary/aromatic N) is 2. The van der Waals surface area contributed by atoms with Crippen LogP contribution in [0.3, 0.4) is 0 Å². The van der Waals surface area contributed by atoms with Gasteiger partial charge in [0.15, 0.2) is 0 Å². The zero-order valence-corrected chi connectivity index (χ0v) is 16.7. The average Bonchev–Trinajstić information content (AvgIpc) is 3.17. The first-order chi connectivity index (χ1) is 14.7. The highest BCUT2D eigenvalue weighted by atomic mass is 35.5. The number of benzene rings is 2. The molecule has 0 radical (unpaired) electrons. The van der Waals surface area contributed by atoms with Gasteiger partial charge < -0.3 is 18.9 Å². The highest BCUT2D eigenvalue weighted by Gasteiger charge is 2.31. The molecule has 0 aliphatic carbocycles. The predicted molar refractivity (Wildman–Crippen MR) is 101 cm³/mol. The largest absolute Gasteiger partial charge is 0.573 e. The third kappa shape index (κ3) is 6.25. The lowest BCUT2D eigenvalue weighted by Crippen LogP contribution is -2.17. The lowest BCUT2D eigenvalue weighted by atomic mass is 10.2. The number of aromatic amines is 1. The second-order valence-electron chi connectivity index (χ2n) is 5.89. The van der Waals surface area contributed by atoms with Crippen LogP contribution in [0, 0.1) is 0 Å². The van der Waals surface area contributed by atoms with Crippen molar-refractivity contribution < 1.29 is 36.9 Å². The summed E-state index contributed by atoms with van der Waals surface area (Å²) in [6.45, 7) is 1.84. The van der Waals surface area contributed by atoms with Gasteiger partial charge in [-0.1, -0.05) is 34.0 Å². The van der Waals surface area contributed by atoms with Crippen molar-refractivity contribution in [2.24, 2.45) is 0 Å². The van der Waals surface area contributed by atoms with Gasteiger partial charge in [0.2, 0.25) is 5.69 Å². The van der Waals surface area contributed by atoms with Crippen LogP contribution in [-0.4, -0.2) is 34.3 Å². The van der Waals surface area contributed by atoms with Gasteiger partial charge in [-0.15, -0.1) is 13.2 Å². The summed E-state index contributed by atoms with van der Waals surface area (Å²) in [7, 11) is 0. The van der Waals surface area contributed by atoms with E-state index in [-0.39, 0.29) is 47.1 Å². The first-order valence-corrected chi connectivity index (χ1v) is 9.16. The van der Waals surface area contributed by atoms with Gasteiger partial charge in [0.25, 0.3) is 5.88 Å². The van der Waals surface area contributed by atoms with Crippen LogP contribution in [0.5, 0.6) is 23.1 Å². The molecular formula is C19H15ClF3N3O5. The number of esters is 1. The Hall–Kier alpha value is -3.47. The SMILES string of the molecule is CCOC(=O)c1[nH]nnc1Oc1ccc(Cl)c(OCc2ccc(OC(F)(F)F)cc2)c1. The van der Waals surface area contributed by atoms with Crippen LogP contribution in [0.25, 0.3) is 0 Å². The fraction of sp³-hybridized carbons (Fsp3) is 0.211. The number of nitrogens with one attached hydrogen (secondary N) is 1. The minimum absolute atomic E-state index is 0.0213. The quantitative estimate of drug-likeness (QED) is 0.480. The zero-order valence-electron chi connectivity index (χ0n) is 15.9. The number of H-pyrrole nitrogens is 1. The molecule has 0 saturated carbocycles. The van der Waals surface area contributed by atoms with Crippen LogP contribution in [0.4, 0.5) is 13.2 Å². The molecule has 3 rings (SSSR count). The van der Waals surface area contributed by atoms with E-state index >= 15 is 0 Å². The van der Waals surface area contributed by atoms with Gasteiger partial charge in [-0.05, 0) is 36.8 Å². The van der Waals surface area contributed by atoms with E-state index in [0.29, 0.717) is 5.56 Å². The van der Waals surface area contributed by atoms with Crippen LogP contribution in [0.15, 0.2) is 42.5 Å². The highest BCUT2D eigenvalue weighted by molar-refractivity contribution is 6.32. The standard InChI is InChI=1S/C19H15ClF3N3O5/c1-2-28-18(27)16-17(25-26-24-16)30-13-7-8-14(20)15(9-13)29-10-11-3-5-12(6-4-11)31-19(21,22)23/h3-9H,2,10H2,1H3,(H,24,25,26). The molecule has 0 atom stereocenters. The number of alkyl halides is 3. The van der Waals surface area contributed by atoms with Crippen molar-refractivity contribution >= 4 is 17.6 Å². The number of rotatable bonds is 8. The van der Waals surface area contributed by atoms with E-state index in [4.69, 9.17) is 25.8 Å². The minimum atomic E-state index is -4.76. The molecule has 3 aromatic rings. The molecule has 12 heteroatoms. The lowest BCUT2D eigenvalue weighted by molar-refractivity contribution is -0.274. The van der Waals surface area contributed by atoms with Crippen molar-refractivity contribution in [3.05, 3.63) is 58.7 Å². The molecule has 31 heavy (non-hydrogen) atoms. The summed E-state index contributed by atoms with van der Waals surface area (Å²) in [6, 6.07) is 9.71. The smallest absolute Gasteiger partial charge is 0.487 e. The van der Waals surface area contributed by atoms with E-state index in [0.717, 1.165) is 0 Å². The first-order valence-electron chi connectivity index (χ1n) is 8.78. The summed E-state index contributed by atoms with van der Waals surface area (Å²) in [5.74, 6) is -0.601. The highest BCUT2D eigenvalue weighted by Crippen LogP contribution is 2.32. The van der Waals surface area contributed by atoms with E-state index in [1.54, 1.807) is 6.92 Å². The molecule has 0 bridgehead atoms. The van der Waals surface area contributed by atoms with E-state index in [9.17, 15) is 18.0 Å². The summed E-state index contributed by atoms with van der Waals surface area (Å²) in [5.41, 5.74) is 0.526. The van der Waals surface area contributed by atoms with Crippen molar-refractivity contribution in [1.29, 1.82) is 0 Å². The molecule has 0 aliphatic heterocycles. The molecule has 8 nitrogen and oxygen atoms in total. The minimum Gasteiger partial charge on any atom is -0.487 e. The molecule has 1 aromatic heterocycles. The van der Waals surface area contributed by atoms with Gasteiger partial charge in [-0.3, -0.25) is 0 Å². The van der Waals surface area contributed by atoms with Crippen LogP contribution in [-0.2, 0) is 11.3 Å². The van der Waals surface area contributed by atoms with E-state index < -0.39 is 12.3 Å². The molecule has 2 aromatic carbocycles. The molecule has 0 unspecified atom stereocenters. The van der Waals surface area contributed by atoms with Crippen LogP contribution >= 0.6 is 11.6 Å². The average molecular weight is 458 g/mol. The number of hydrogen-bond acceptors (Lipinski definition) is 7. The number of halogens is 4. The Kier molecular flexibility index (Phi) is 6.85. The van der Waals surface area contributed by atoms with Crippen molar-refractivity contribution in [3.8, 4) is 23.1 Å². The molecule has 0 amide bonds. The van der Waals surface area contributed by atoms with Gasteiger partial charge in [0, 0.05) is 6.07 Å². The molecule has 0 fully saturated rings. The third-order valence-corrected chi connectivity index (χ3v) is 3.98. The predicted octanol–water partition coefficient (Wildman–Crippen LogP) is 4.90. The van der Waals surface area contributed by atoms with Crippen molar-refractivity contribution in [3.63, 3.8) is 0 Å². The van der Waals surface area contributed by atoms with Crippen LogP contribution in [0.1, 0.15) is 23.0 Å². The van der Waals surface area contributed by atoms with Crippen LogP contribution in [0.2, 0.25) is 5.02 Å². The van der Waals surface area contributed by atoms with E-state index in [1.807, 2.05) is 0 Å². The summed E-state index contributed by atoms with van der Waals surface area (Å²) < 4.78 is 56.6. The molecule has 0 saturated heterocycles. The monoisotopic (exact) mass is 457 g/mol. The number of aromatic nitrogens is 3. The number of ether oxygens (including phenoxy) is 4. The second kappa shape index (κ2) is 9.56. The Labute approximate surface area is 178 Å². The molecule has 1 N–H and O–H groups in total. The molecular weight excluding hydrogens is 443 g/mol. The van der Waals surface area contributed by atoms with Gasteiger partial charge in [-0.2, -0.15) is 0 Å². The molecule has 0 spiro atoms. The van der Waals surface area contributed by atoms with E-state index in [1.165, 1.54) is 42.5 Å². The van der Waals surface area contributed by atoms with E-state index in [2.05, 4.69) is 20.1 Å². The Morgan fingerprint density at radius 1 is 1.13 bits per heavy atom.